The quantitative estimate of drug-likeness (QED) is 0.657. The molecule has 0 fully saturated rings. The first-order valence-electron chi connectivity index (χ1n) is 6.03. The molecule has 0 saturated carbocycles. The molecule has 0 spiro atoms. The van der Waals surface area contributed by atoms with Gasteiger partial charge in [0.15, 0.2) is 0 Å². The number of aromatic nitrogens is 1. The third-order valence-corrected chi connectivity index (χ3v) is 3.98. The van der Waals surface area contributed by atoms with Crippen molar-refractivity contribution in [2.75, 3.05) is 0 Å². The Morgan fingerprint density at radius 3 is 2.44 bits per heavy atom. The van der Waals surface area contributed by atoms with Gasteiger partial charge in [-0.15, -0.1) is 11.3 Å². The number of benzene rings is 1. The van der Waals surface area contributed by atoms with Crippen molar-refractivity contribution >= 4 is 11.3 Å². The van der Waals surface area contributed by atoms with Gasteiger partial charge in [0.25, 0.3) is 0 Å². The molecular formula is C14H19N3S. The minimum absolute atomic E-state index is 0.144. The third kappa shape index (κ3) is 2.77. The molecule has 3 N–H and O–H groups in total. The molecule has 0 aliphatic rings. The summed E-state index contributed by atoms with van der Waals surface area (Å²) in [6.07, 6.45) is 2.79. The zero-order chi connectivity index (χ0) is 13.1. The molecule has 96 valence electrons. The first-order valence-corrected chi connectivity index (χ1v) is 6.91. The van der Waals surface area contributed by atoms with Crippen LogP contribution in [0.1, 0.15) is 33.2 Å². The summed E-state index contributed by atoms with van der Waals surface area (Å²) in [7, 11) is 0. The standard InChI is InChI=1S/C14H19N3S/c1-9-4-10(2)14(11(3)5-9)13(17-15)6-12-7-16-8-18-12/h4-5,7-8,13,17H,6,15H2,1-3H3. The van der Waals surface area contributed by atoms with Crippen molar-refractivity contribution in [3.63, 3.8) is 0 Å². The van der Waals surface area contributed by atoms with Gasteiger partial charge in [-0.2, -0.15) is 0 Å². The number of hydrogen-bond acceptors (Lipinski definition) is 4. The molecule has 0 bridgehead atoms. The van der Waals surface area contributed by atoms with Gasteiger partial charge in [0, 0.05) is 17.5 Å². The van der Waals surface area contributed by atoms with E-state index in [9.17, 15) is 0 Å². The van der Waals surface area contributed by atoms with Crippen LogP contribution in [0.5, 0.6) is 0 Å². The van der Waals surface area contributed by atoms with E-state index in [1.54, 1.807) is 11.3 Å². The zero-order valence-electron chi connectivity index (χ0n) is 11.0. The van der Waals surface area contributed by atoms with Crippen molar-refractivity contribution in [1.29, 1.82) is 0 Å². The SMILES string of the molecule is Cc1cc(C)c(C(Cc2cncs2)NN)c(C)c1. The highest BCUT2D eigenvalue weighted by Crippen LogP contribution is 2.26. The molecule has 18 heavy (non-hydrogen) atoms. The second kappa shape index (κ2) is 5.61. The molecule has 1 aromatic heterocycles. The molecule has 1 aromatic carbocycles. The molecule has 0 radical (unpaired) electrons. The zero-order valence-corrected chi connectivity index (χ0v) is 11.8. The molecule has 4 heteroatoms. The Morgan fingerprint density at radius 1 is 1.28 bits per heavy atom. The summed E-state index contributed by atoms with van der Waals surface area (Å²) in [5, 5.41) is 0. The second-order valence-corrected chi connectivity index (χ2v) is 5.67. The van der Waals surface area contributed by atoms with Crippen molar-refractivity contribution in [2.24, 2.45) is 5.84 Å². The van der Waals surface area contributed by atoms with Crippen molar-refractivity contribution in [1.82, 2.24) is 10.4 Å². The number of hydrazine groups is 1. The van der Waals surface area contributed by atoms with E-state index in [4.69, 9.17) is 5.84 Å². The smallest absolute Gasteiger partial charge is 0.0794 e. The Kier molecular flexibility index (Phi) is 4.11. The van der Waals surface area contributed by atoms with E-state index in [2.05, 4.69) is 43.3 Å². The van der Waals surface area contributed by atoms with Gasteiger partial charge in [0.1, 0.15) is 0 Å². The normalized spacial score (nSPS) is 12.7. The molecule has 1 atom stereocenters. The fraction of sp³-hybridized carbons (Fsp3) is 0.357. The van der Waals surface area contributed by atoms with Gasteiger partial charge in [-0.3, -0.25) is 16.3 Å². The van der Waals surface area contributed by atoms with Crippen LogP contribution in [0.3, 0.4) is 0 Å². The highest BCUT2D eigenvalue weighted by Gasteiger charge is 2.16. The Labute approximate surface area is 112 Å². The number of aryl methyl sites for hydroxylation is 3. The maximum absolute atomic E-state index is 5.73. The fourth-order valence-corrected chi connectivity index (χ4v) is 3.17. The predicted molar refractivity (Wildman–Crippen MR) is 76.5 cm³/mol. The van der Waals surface area contributed by atoms with Gasteiger partial charge in [-0.1, -0.05) is 17.7 Å². The summed E-state index contributed by atoms with van der Waals surface area (Å²) in [5.41, 5.74) is 9.97. The average Bonchev–Trinajstić information content (AvgIpc) is 2.79. The van der Waals surface area contributed by atoms with Crippen molar-refractivity contribution in [3.05, 3.63) is 51.0 Å². The van der Waals surface area contributed by atoms with E-state index < -0.39 is 0 Å². The van der Waals surface area contributed by atoms with Gasteiger partial charge in [-0.25, -0.2) is 0 Å². The van der Waals surface area contributed by atoms with E-state index >= 15 is 0 Å². The Bertz CT molecular complexity index is 497. The minimum Gasteiger partial charge on any atom is -0.271 e. The van der Waals surface area contributed by atoms with Crippen LogP contribution in [0.15, 0.2) is 23.8 Å². The van der Waals surface area contributed by atoms with Gasteiger partial charge >= 0.3 is 0 Å². The van der Waals surface area contributed by atoms with E-state index in [-0.39, 0.29) is 6.04 Å². The minimum atomic E-state index is 0.144. The largest absolute Gasteiger partial charge is 0.271 e. The van der Waals surface area contributed by atoms with Crippen LogP contribution in [0.25, 0.3) is 0 Å². The molecule has 0 saturated heterocycles. The van der Waals surface area contributed by atoms with E-state index in [1.165, 1.54) is 27.1 Å². The van der Waals surface area contributed by atoms with Crippen LogP contribution in [0, 0.1) is 20.8 Å². The summed E-state index contributed by atoms with van der Waals surface area (Å²) in [6, 6.07) is 4.56. The van der Waals surface area contributed by atoms with Crippen LogP contribution in [0.4, 0.5) is 0 Å². The topological polar surface area (TPSA) is 50.9 Å². The molecule has 3 nitrogen and oxygen atoms in total. The van der Waals surface area contributed by atoms with Crippen LogP contribution < -0.4 is 11.3 Å². The lowest BCUT2D eigenvalue weighted by molar-refractivity contribution is 0.550. The number of thiazole rings is 1. The van der Waals surface area contributed by atoms with Gasteiger partial charge in [0.2, 0.25) is 0 Å². The lowest BCUT2D eigenvalue weighted by atomic mass is 9.92. The summed E-state index contributed by atoms with van der Waals surface area (Å²) < 4.78 is 0. The molecule has 0 aliphatic carbocycles. The average molecular weight is 261 g/mol. The maximum Gasteiger partial charge on any atom is 0.0794 e. The molecule has 0 aliphatic heterocycles. The van der Waals surface area contributed by atoms with E-state index in [1.807, 2.05) is 11.7 Å². The number of nitrogens with one attached hydrogen (secondary N) is 1. The number of rotatable bonds is 4. The summed E-state index contributed by atoms with van der Waals surface area (Å²) in [6.45, 7) is 6.41. The molecule has 0 amide bonds. The van der Waals surface area contributed by atoms with Crippen LogP contribution >= 0.6 is 11.3 Å². The van der Waals surface area contributed by atoms with Crippen LogP contribution in [0.2, 0.25) is 0 Å². The molecule has 2 aromatic rings. The molecule has 2 rings (SSSR count). The third-order valence-electron chi connectivity index (χ3n) is 3.18. The lowest BCUT2D eigenvalue weighted by Gasteiger charge is -2.21. The van der Waals surface area contributed by atoms with E-state index in [0.717, 1.165) is 6.42 Å². The summed E-state index contributed by atoms with van der Waals surface area (Å²) >= 11 is 1.67. The predicted octanol–water partition coefficient (Wildman–Crippen LogP) is 2.82. The van der Waals surface area contributed by atoms with Crippen molar-refractivity contribution < 1.29 is 0 Å². The highest BCUT2D eigenvalue weighted by atomic mass is 32.1. The molecule has 1 unspecified atom stereocenters. The van der Waals surface area contributed by atoms with E-state index in [0.29, 0.717) is 0 Å². The lowest BCUT2D eigenvalue weighted by Crippen LogP contribution is -2.30. The fourth-order valence-electron chi connectivity index (χ4n) is 2.53. The van der Waals surface area contributed by atoms with Crippen molar-refractivity contribution in [3.8, 4) is 0 Å². The number of nitrogens with zero attached hydrogens (tertiary/aromatic N) is 1. The van der Waals surface area contributed by atoms with Gasteiger partial charge in [0.05, 0.1) is 11.6 Å². The summed E-state index contributed by atoms with van der Waals surface area (Å²) in [4.78, 5) is 5.36. The Morgan fingerprint density at radius 2 is 1.94 bits per heavy atom. The van der Waals surface area contributed by atoms with Crippen LogP contribution in [-0.2, 0) is 6.42 Å². The second-order valence-electron chi connectivity index (χ2n) is 4.70. The first kappa shape index (κ1) is 13.2. The Balaban J connectivity index is 2.33. The molecular weight excluding hydrogens is 242 g/mol. The molecule has 1 heterocycles. The summed E-state index contributed by atoms with van der Waals surface area (Å²) in [5.74, 6) is 5.73. The van der Waals surface area contributed by atoms with Gasteiger partial charge < -0.3 is 0 Å². The number of hydrogen-bond donors (Lipinski definition) is 2. The maximum atomic E-state index is 5.73. The highest BCUT2D eigenvalue weighted by molar-refractivity contribution is 7.09. The number of nitrogens with two attached hydrogens (primary N) is 1. The monoisotopic (exact) mass is 261 g/mol. The first-order chi connectivity index (χ1) is 8.61. The van der Waals surface area contributed by atoms with Crippen molar-refractivity contribution in [2.45, 2.75) is 33.2 Å². The van der Waals surface area contributed by atoms with Crippen LogP contribution in [-0.4, -0.2) is 4.98 Å². The van der Waals surface area contributed by atoms with Gasteiger partial charge in [-0.05, 0) is 37.5 Å². The Hall–Kier alpha value is -1.23.